The number of carbonyl (C=O) groups excluding carboxylic acids is 1. The summed E-state index contributed by atoms with van der Waals surface area (Å²) in [5.41, 5.74) is 11.6. The van der Waals surface area contributed by atoms with Crippen LogP contribution in [-0.4, -0.2) is 25.7 Å². The Labute approximate surface area is 294 Å². The minimum atomic E-state index is -0.303. The second-order valence-electron chi connectivity index (χ2n) is 12.9. The van der Waals surface area contributed by atoms with Gasteiger partial charge in [0, 0.05) is 42.8 Å². The van der Waals surface area contributed by atoms with Crippen molar-refractivity contribution in [3.8, 4) is 39.7 Å². The van der Waals surface area contributed by atoms with Crippen molar-refractivity contribution < 1.29 is 14.1 Å². The van der Waals surface area contributed by atoms with Crippen LogP contribution < -0.4 is 9.47 Å². The molecule has 5 nitrogen and oxygen atoms in total. The number of nitriles is 1. The first kappa shape index (κ1) is 32.6. The van der Waals surface area contributed by atoms with Crippen molar-refractivity contribution in [1.82, 2.24) is 0 Å². The molecule has 0 unspecified atom stereocenters. The molecule has 0 N–H and O–H groups in total. The molecule has 0 spiro atoms. The Hall–Kier alpha value is -5.99. The summed E-state index contributed by atoms with van der Waals surface area (Å²) in [5.74, 6) is -0.303. The zero-order chi connectivity index (χ0) is 34.3. The highest BCUT2D eigenvalue weighted by Gasteiger charge is 2.29. The first-order chi connectivity index (χ1) is 24.6. The monoisotopic (exact) mass is 654 g/mol. The van der Waals surface area contributed by atoms with Gasteiger partial charge in [0.05, 0.1) is 23.4 Å². The lowest BCUT2D eigenvalue weighted by molar-refractivity contribution is -0.698. The van der Waals surface area contributed by atoms with Gasteiger partial charge in [-0.25, -0.2) is 4.79 Å². The summed E-state index contributed by atoms with van der Waals surface area (Å²) in [6.07, 6.45) is 2.35. The van der Waals surface area contributed by atoms with Crippen LogP contribution in [0.2, 0.25) is 0 Å². The molecule has 1 atom stereocenters. The lowest BCUT2D eigenvalue weighted by atomic mass is 9.95. The predicted molar refractivity (Wildman–Crippen MR) is 200 cm³/mol. The molecule has 1 aliphatic rings. The number of fused-ring (bicyclic) bond motifs is 1. The maximum Gasteiger partial charge on any atom is 0.338 e. The number of aromatic nitrogens is 1. The quantitative estimate of drug-likeness (QED) is 0.0794. The number of benzene rings is 5. The largest absolute Gasteiger partial charge is 0.462 e. The van der Waals surface area contributed by atoms with Gasteiger partial charge in [0.1, 0.15) is 6.07 Å². The molecule has 6 aromatic rings. The van der Waals surface area contributed by atoms with Crippen LogP contribution in [0.15, 0.2) is 146 Å². The lowest BCUT2D eigenvalue weighted by Gasteiger charge is -2.21. The van der Waals surface area contributed by atoms with Gasteiger partial charge in [-0.05, 0) is 84.5 Å². The molecule has 0 bridgehead atoms. The number of pyridine rings is 1. The summed E-state index contributed by atoms with van der Waals surface area (Å²) in [6, 6.07) is 52.5. The molecular formula is C45H40N3O2+. The summed E-state index contributed by atoms with van der Waals surface area (Å²) in [7, 11) is 0. The average molecular weight is 655 g/mol. The minimum Gasteiger partial charge on any atom is -0.462 e. The third kappa shape index (κ3) is 7.06. The van der Waals surface area contributed by atoms with E-state index in [1.165, 1.54) is 16.7 Å². The second-order valence-corrected chi connectivity index (χ2v) is 12.9. The van der Waals surface area contributed by atoms with Crippen LogP contribution in [0, 0.1) is 11.3 Å². The Morgan fingerprint density at radius 2 is 1.32 bits per heavy atom. The molecule has 1 aliphatic heterocycles. The van der Waals surface area contributed by atoms with Crippen LogP contribution in [0.4, 0.5) is 5.69 Å². The Morgan fingerprint density at radius 3 is 1.90 bits per heavy atom. The number of rotatable bonds is 11. The van der Waals surface area contributed by atoms with Gasteiger partial charge >= 0.3 is 5.97 Å². The maximum absolute atomic E-state index is 12.4. The van der Waals surface area contributed by atoms with Crippen molar-refractivity contribution in [3.05, 3.63) is 168 Å². The van der Waals surface area contributed by atoms with Crippen molar-refractivity contribution >= 4 is 11.7 Å². The Morgan fingerprint density at radius 1 is 0.760 bits per heavy atom. The fraction of sp³-hybridized carbons (Fsp3) is 0.178. The van der Waals surface area contributed by atoms with Gasteiger partial charge < -0.3 is 9.64 Å². The maximum atomic E-state index is 12.4. The van der Waals surface area contributed by atoms with E-state index in [9.17, 15) is 10.1 Å². The molecule has 246 valence electrons. The van der Waals surface area contributed by atoms with Crippen LogP contribution in [-0.2, 0) is 17.6 Å². The standard InChI is InChI=1S/C45H40N3O2/c1-33(27-34-28-39-23-25-47(44(39)41(29-34)32-46)24-14-26-50-45(49)38-21-12-5-13-22-38)48-42(36-17-8-3-9-18-36)30-40(35-15-6-2-7-16-35)31-43(48)37-19-10-4-11-20-37/h2-13,15-22,28-31,33H,14,23-27H2,1H3/q+1/t33-/m0/s1. The third-order valence-corrected chi connectivity index (χ3v) is 9.47. The molecule has 0 saturated heterocycles. The predicted octanol–water partition coefficient (Wildman–Crippen LogP) is 9.26. The van der Waals surface area contributed by atoms with E-state index < -0.39 is 0 Å². The fourth-order valence-electron chi connectivity index (χ4n) is 7.17. The summed E-state index contributed by atoms with van der Waals surface area (Å²) in [4.78, 5) is 14.6. The molecule has 7 rings (SSSR count). The highest BCUT2D eigenvalue weighted by Crippen LogP contribution is 2.35. The van der Waals surface area contributed by atoms with E-state index in [4.69, 9.17) is 4.74 Å². The van der Waals surface area contributed by atoms with Gasteiger partial charge in [-0.3, -0.25) is 0 Å². The van der Waals surface area contributed by atoms with Crippen molar-refractivity contribution in [2.24, 2.45) is 0 Å². The van der Waals surface area contributed by atoms with Crippen molar-refractivity contribution in [2.75, 3.05) is 24.6 Å². The number of anilines is 1. The zero-order valence-electron chi connectivity index (χ0n) is 28.3. The summed E-state index contributed by atoms with van der Waals surface area (Å²) in [5, 5.41) is 10.3. The van der Waals surface area contributed by atoms with Crippen molar-refractivity contribution in [3.63, 3.8) is 0 Å². The first-order valence-corrected chi connectivity index (χ1v) is 17.4. The van der Waals surface area contributed by atoms with Gasteiger partial charge in [-0.15, -0.1) is 0 Å². The molecule has 0 amide bonds. The normalized spacial score (nSPS) is 12.6. The number of hydrogen-bond donors (Lipinski definition) is 0. The van der Waals surface area contributed by atoms with Crippen molar-refractivity contribution in [2.45, 2.75) is 32.2 Å². The van der Waals surface area contributed by atoms with Gasteiger partial charge in [-0.2, -0.15) is 9.83 Å². The number of carbonyl (C=O) groups is 1. The van der Waals surface area contributed by atoms with Crippen LogP contribution in [0.5, 0.6) is 0 Å². The molecule has 50 heavy (non-hydrogen) atoms. The van der Waals surface area contributed by atoms with E-state index >= 15 is 0 Å². The molecule has 0 radical (unpaired) electrons. The summed E-state index contributed by atoms with van der Waals surface area (Å²) >= 11 is 0. The average Bonchev–Trinajstić information content (AvgIpc) is 3.59. The lowest BCUT2D eigenvalue weighted by Crippen LogP contribution is -2.43. The van der Waals surface area contributed by atoms with Gasteiger partial charge in [0.2, 0.25) is 11.4 Å². The highest BCUT2D eigenvalue weighted by atomic mass is 16.5. The smallest absolute Gasteiger partial charge is 0.338 e. The first-order valence-electron chi connectivity index (χ1n) is 17.4. The molecule has 2 heterocycles. The summed E-state index contributed by atoms with van der Waals surface area (Å²) in [6.45, 7) is 4.19. The van der Waals surface area contributed by atoms with E-state index in [1.807, 2.05) is 18.2 Å². The number of nitrogens with zero attached hydrogens (tertiary/aromatic N) is 3. The van der Waals surface area contributed by atoms with E-state index in [-0.39, 0.29) is 12.0 Å². The Kier molecular flexibility index (Phi) is 9.80. The van der Waals surface area contributed by atoms with E-state index in [0.29, 0.717) is 24.2 Å². The molecule has 5 heteroatoms. The molecule has 0 saturated carbocycles. The van der Waals surface area contributed by atoms with E-state index in [1.54, 1.807) is 12.1 Å². The van der Waals surface area contributed by atoms with Gasteiger partial charge in [-0.1, -0.05) is 91.0 Å². The van der Waals surface area contributed by atoms with E-state index in [0.717, 1.165) is 59.7 Å². The van der Waals surface area contributed by atoms with Gasteiger partial charge in [0.15, 0.2) is 6.04 Å². The summed E-state index contributed by atoms with van der Waals surface area (Å²) < 4.78 is 7.99. The number of esters is 1. The van der Waals surface area contributed by atoms with Crippen molar-refractivity contribution in [1.29, 1.82) is 5.26 Å². The van der Waals surface area contributed by atoms with Gasteiger partial charge in [0.25, 0.3) is 0 Å². The SMILES string of the molecule is C[C@@H](Cc1cc(C#N)c2c(c1)CCN2CCCOC(=O)c1ccccc1)[n+]1c(-c2ccccc2)cc(-c2ccccc2)cc1-c1ccccc1. The Balaban J connectivity index is 1.18. The molecular weight excluding hydrogens is 615 g/mol. The molecule has 1 aromatic heterocycles. The number of ether oxygens (including phenoxy) is 1. The molecule has 0 aliphatic carbocycles. The minimum absolute atomic E-state index is 0.0895. The highest BCUT2D eigenvalue weighted by molar-refractivity contribution is 5.89. The van der Waals surface area contributed by atoms with Crippen LogP contribution in [0.3, 0.4) is 0 Å². The topological polar surface area (TPSA) is 57.2 Å². The Bertz CT molecular complexity index is 2060. The van der Waals surface area contributed by atoms with Crippen LogP contribution in [0.25, 0.3) is 33.6 Å². The van der Waals surface area contributed by atoms with Crippen LogP contribution in [0.1, 0.15) is 46.4 Å². The fourth-order valence-corrected chi connectivity index (χ4v) is 7.17. The molecule has 0 fully saturated rings. The second kappa shape index (κ2) is 15.1. The third-order valence-electron chi connectivity index (χ3n) is 9.47. The zero-order valence-corrected chi connectivity index (χ0v) is 28.3. The van der Waals surface area contributed by atoms with Crippen LogP contribution >= 0.6 is 0 Å². The molecule has 5 aromatic carbocycles. The number of hydrogen-bond acceptors (Lipinski definition) is 4. The van der Waals surface area contributed by atoms with E-state index in [2.05, 4.69) is 138 Å².